The molecule has 0 aliphatic heterocycles. The molecule has 5 heteroatoms. The van der Waals surface area contributed by atoms with Gasteiger partial charge < -0.3 is 9.15 Å². The van der Waals surface area contributed by atoms with Gasteiger partial charge in [0.2, 0.25) is 0 Å². The van der Waals surface area contributed by atoms with Crippen LogP contribution >= 0.6 is 0 Å². The Morgan fingerprint density at radius 3 is 3.16 bits per heavy atom. The molecule has 2 rings (SSSR count). The minimum Gasteiger partial charge on any atom is -0.459 e. The van der Waals surface area contributed by atoms with Gasteiger partial charge in [-0.1, -0.05) is 26.2 Å². The Bertz CT molecular complexity index is 417. The molecule has 1 heterocycles. The first-order valence-electron chi connectivity index (χ1n) is 6.93. The van der Waals surface area contributed by atoms with E-state index in [1.165, 1.54) is 25.5 Å². The van der Waals surface area contributed by atoms with E-state index in [1.54, 1.807) is 6.07 Å². The Morgan fingerprint density at radius 2 is 2.42 bits per heavy atom. The van der Waals surface area contributed by atoms with Crippen molar-refractivity contribution in [3.05, 3.63) is 23.7 Å². The lowest BCUT2D eigenvalue weighted by molar-refractivity contribution is 0.00123. The normalized spacial score (nSPS) is 23.3. The van der Waals surface area contributed by atoms with Crippen LogP contribution in [0, 0.1) is 5.92 Å². The molecule has 1 aromatic rings. The molecule has 3 N–H and O–H groups in total. The quantitative estimate of drug-likeness (QED) is 0.487. The van der Waals surface area contributed by atoms with Crippen molar-refractivity contribution in [3.63, 3.8) is 0 Å². The maximum absolute atomic E-state index is 11.5. The number of furan rings is 1. The van der Waals surface area contributed by atoms with Gasteiger partial charge in [-0.3, -0.25) is 10.2 Å². The number of nitrogen functional groups attached to an aromatic ring is 1. The molecule has 1 fully saturated rings. The van der Waals surface area contributed by atoms with E-state index >= 15 is 0 Å². The minimum absolute atomic E-state index is 0.241. The van der Waals surface area contributed by atoms with E-state index < -0.39 is 5.91 Å². The van der Waals surface area contributed by atoms with E-state index in [9.17, 15) is 4.79 Å². The van der Waals surface area contributed by atoms with Gasteiger partial charge in [-0.2, -0.15) is 0 Å². The molecule has 5 nitrogen and oxygen atoms in total. The van der Waals surface area contributed by atoms with Gasteiger partial charge in [-0.05, 0) is 24.8 Å². The molecule has 0 spiro atoms. The molecule has 1 aromatic heterocycles. The fourth-order valence-electron chi connectivity index (χ4n) is 2.69. The number of nitrogens with two attached hydrogens (primary N) is 1. The van der Waals surface area contributed by atoms with Crippen molar-refractivity contribution in [2.24, 2.45) is 11.8 Å². The number of amides is 1. The summed E-state index contributed by atoms with van der Waals surface area (Å²) in [5.41, 5.74) is 2.83. The summed E-state index contributed by atoms with van der Waals surface area (Å²) in [5.74, 6) is 5.70. The number of ether oxygens (including phenoxy) is 1. The van der Waals surface area contributed by atoms with Crippen molar-refractivity contribution in [1.82, 2.24) is 5.43 Å². The Balaban J connectivity index is 1.88. The second kappa shape index (κ2) is 6.73. The molecule has 1 aliphatic carbocycles. The summed E-state index contributed by atoms with van der Waals surface area (Å²) >= 11 is 0. The fourth-order valence-corrected chi connectivity index (χ4v) is 2.69. The van der Waals surface area contributed by atoms with E-state index in [1.807, 2.05) is 0 Å². The molecule has 1 aliphatic rings. The zero-order chi connectivity index (χ0) is 13.7. The largest absolute Gasteiger partial charge is 0.459 e. The molecule has 2 unspecified atom stereocenters. The number of hydrogen-bond acceptors (Lipinski definition) is 4. The summed E-state index contributed by atoms with van der Waals surface area (Å²) in [5, 5.41) is 0. The molecule has 0 bridgehead atoms. The highest BCUT2D eigenvalue weighted by molar-refractivity contribution is 5.92. The van der Waals surface area contributed by atoms with Crippen LogP contribution in [0.25, 0.3) is 0 Å². The highest BCUT2D eigenvalue weighted by atomic mass is 16.5. The highest BCUT2D eigenvalue weighted by Crippen LogP contribution is 2.29. The molecule has 0 saturated heterocycles. The molecular formula is C14H22N2O3. The molecule has 1 amide bonds. The SMILES string of the molecule is CCC1CCCC(OCc2ccoc2C(=O)NN)C1. The number of hydrogen-bond donors (Lipinski definition) is 2. The standard InChI is InChI=1S/C14H22N2O3/c1-2-10-4-3-5-12(8-10)19-9-11-6-7-18-13(11)14(17)16-15/h6-7,10,12H,2-5,8-9,15H2,1H3,(H,16,17). The first-order valence-corrected chi connectivity index (χ1v) is 6.93. The van der Waals surface area contributed by atoms with Gasteiger partial charge in [0.15, 0.2) is 5.76 Å². The summed E-state index contributed by atoms with van der Waals surface area (Å²) in [7, 11) is 0. The molecule has 1 saturated carbocycles. The summed E-state index contributed by atoms with van der Waals surface area (Å²) < 4.78 is 11.0. The Morgan fingerprint density at radius 1 is 1.58 bits per heavy atom. The van der Waals surface area contributed by atoms with Crippen LogP contribution in [0.15, 0.2) is 16.7 Å². The first kappa shape index (κ1) is 14.1. The second-order valence-electron chi connectivity index (χ2n) is 5.12. The van der Waals surface area contributed by atoms with Crippen molar-refractivity contribution in [2.75, 3.05) is 0 Å². The second-order valence-corrected chi connectivity index (χ2v) is 5.12. The number of carbonyl (C=O) groups excluding carboxylic acids is 1. The predicted octanol–water partition coefficient (Wildman–Crippen LogP) is 2.37. The third kappa shape index (κ3) is 3.58. The zero-order valence-corrected chi connectivity index (χ0v) is 11.4. The van der Waals surface area contributed by atoms with E-state index in [0.717, 1.165) is 24.3 Å². The topological polar surface area (TPSA) is 77.5 Å². The van der Waals surface area contributed by atoms with Crippen molar-refractivity contribution >= 4 is 5.91 Å². The number of hydrazine groups is 1. The predicted molar refractivity (Wildman–Crippen MR) is 71.2 cm³/mol. The van der Waals surface area contributed by atoms with E-state index in [4.69, 9.17) is 15.0 Å². The minimum atomic E-state index is -0.418. The van der Waals surface area contributed by atoms with Gasteiger partial charge in [0.05, 0.1) is 19.0 Å². The summed E-state index contributed by atoms with van der Waals surface area (Å²) in [6, 6.07) is 1.75. The van der Waals surface area contributed by atoms with Crippen molar-refractivity contribution < 1.29 is 13.9 Å². The third-order valence-corrected chi connectivity index (χ3v) is 3.87. The first-order chi connectivity index (χ1) is 9.24. The Kier molecular flexibility index (Phi) is 4.99. The van der Waals surface area contributed by atoms with Crippen LogP contribution in [0.4, 0.5) is 0 Å². The molecular weight excluding hydrogens is 244 g/mol. The number of rotatable bonds is 5. The monoisotopic (exact) mass is 266 g/mol. The Hall–Kier alpha value is -1.33. The van der Waals surface area contributed by atoms with E-state index in [-0.39, 0.29) is 5.76 Å². The molecule has 106 valence electrons. The van der Waals surface area contributed by atoms with Crippen LogP contribution < -0.4 is 11.3 Å². The average molecular weight is 266 g/mol. The van der Waals surface area contributed by atoms with Crippen LogP contribution in [0.3, 0.4) is 0 Å². The number of nitrogens with one attached hydrogen (secondary N) is 1. The Labute approximate surface area is 113 Å². The average Bonchev–Trinajstić information content (AvgIpc) is 2.93. The summed E-state index contributed by atoms with van der Waals surface area (Å²) in [6.07, 6.45) is 7.75. The van der Waals surface area contributed by atoms with Crippen LogP contribution in [0.1, 0.15) is 55.1 Å². The van der Waals surface area contributed by atoms with Gasteiger partial charge in [0, 0.05) is 5.56 Å². The maximum Gasteiger partial charge on any atom is 0.301 e. The summed E-state index contributed by atoms with van der Waals surface area (Å²) in [4.78, 5) is 11.5. The molecule has 0 aromatic carbocycles. The third-order valence-electron chi connectivity index (χ3n) is 3.87. The summed E-state index contributed by atoms with van der Waals surface area (Å²) in [6.45, 7) is 2.63. The van der Waals surface area contributed by atoms with Gasteiger partial charge in [0.25, 0.3) is 0 Å². The van der Waals surface area contributed by atoms with Crippen molar-refractivity contribution in [1.29, 1.82) is 0 Å². The maximum atomic E-state index is 11.5. The lowest BCUT2D eigenvalue weighted by Crippen LogP contribution is -2.30. The number of carbonyl (C=O) groups is 1. The highest BCUT2D eigenvalue weighted by Gasteiger charge is 2.22. The van der Waals surface area contributed by atoms with E-state index in [0.29, 0.717) is 12.7 Å². The lowest BCUT2D eigenvalue weighted by Gasteiger charge is -2.28. The van der Waals surface area contributed by atoms with E-state index in [2.05, 4.69) is 12.3 Å². The van der Waals surface area contributed by atoms with Crippen LogP contribution in [-0.2, 0) is 11.3 Å². The van der Waals surface area contributed by atoms with Gasteiger partial charge in [0.1, 0.15) is 0 Å². The fraction of sp³-hybridized carbons (Fsp3) is 0.643. The molecule has 19 heavy (non-hydrogen) atoms. The van der Waals surface area contributed by atoms with Crippen molar-refractivity contribution in [3.8, 4) is 0 Å². The molecule has 0 radical (unpaired) electrons. The van der Waals surface area contributed by atoms with Crippen LogP contribution in [0.2, 0.25) is 0 Å². The smallest absolute Gasteiger partial charge is 0.301 e. The van der Waals surface area contributed by atoms with Gasteiger partial charge in [-0.25, -0.2) is 5.84 Å². The van der Waals surface area contributed by atoms with Gasteiger partial charge in [-0.15, -0.1) is 0 Å². The molecule has 2 atom stereocenters. The van der Waals surface area contributed by atoms with Gasteiger partial charge >= 0.3 is 5.91 Å². The zero-order valence-electron chi connectivity index (χ0n) is 11.4. The lowest BCUT2D eigenvalue weighted by atomic mass is 9.85. The van der Waals surface area contributed by atoms with Crippen LogP contribution in [0.5, 0.6) is 0 Å². The van der Waals surface area contributed by atoms with Crippen LogP contribution in [-0.4, -0.2) is 12.0 Å². The van der Waals surface area contributed by atoms with Crippen molar-refractivity contribution in [2.45, 2.75) is 51.7 Å².